The number of carbonyl (C=O) groups excluding carboxylic acids is 4. The van der Waals surface area contributed by atoms with Crippen molar-refractivity contribution in [1.82, 2.24) is 0 Å². The lowest BCUT2D eigenvalue weighted by Gasteiger charge is -2.15. The van der Waals surface area contributed by atoms with Crippen molar-refractivity contribution >= 4 is 57.5 Å². The third kappa shape index (κ3) is 4.60. The first-order valence-electron chi connectivity index (χ1n) is 11.4. The van der Waals surface area contributed by atoms with Crippen molar-refractivity contribution < 1.29 is 28.7 Å². The number of hydrogen-bond acceptors (Lipinski definition) is 7. The summed E-state index contributed by atoms with van der Waals surface area (Å²) in [6, 6.07) is 25.0. The summed E-state index contributed by atoms with van der Waals surface area (Å²) in [7, 11) is 1.26. The Hall–Kier alpha value is -4.95. The van der Waals surface area contributed by atoms with Crippen LogP contribution >= 0.6 is 11.6 Å². The molecule has 4 aromatic carbocycles. The van der Waals surface area contributed by atoms with Crippen molar-refractivity contribution in [3.8, 4) is 5.75 Å². The molecule has 9 heteroatoms. The summed E-state index contributed by atoms with van der Waals surface area (Å²) >= 11 is 6.20. The molecule has 1 heterocycles. The molecule has 0 fully saturated rings. The summed E-state index contributed by atoms with van der Waals surface area (Å²) in [4.78, 5) is 51.0. The second-order valence-corrected chi connectivity index (χ2v) is 8.62. The van der Waals surface area contributed by atoms with E-state index in [-0.39, 0.29) is 22.0 Å². The first kappa shape index (κ1) is 24.7. The maximum absolute atomic E-state index is 13.0. The molecule has 0 atom stereocenters. The fourth-order valence-electron chi connectivity index (χ4n) is 3.99. The Bertz CT molecular complexity index is 1620. The van der Waals surface area contributed by atoms with E-state index in [1.165, 1.54) is 43.5 Å². The number of imide groups is 1. The number of amides is 2. The molecule has 1 aliphatic rings. The zero-order valence-corrected chi connectivity index (χ0v) is 20.7. The van der Waals surface area contributed by atoms with Crippen molar-refractivity contribution in [2.24, 2.45) is 0 Å². The number of fused-ring (bicyclic) bond motifs is 1. The molecule has 5 rings (SSSR count). The van der Waals surface area contributed by atoms with E-state index in [1.54, 1.807) is 18.2 Å². The molecule has 1 aliphatic heterocycles. The van der Waals surface area contributed by atoms with Crippen LogP contribution in [0.15, 0.2) is 102 Å². The maximum Gasteiger partial charge on any atom is 0.343 e. The van der Waals surface area contributed by atoms with Crippen LogP contribution in [0.1, 0.15) is 20.7 Å². The fraction of sp³-hybridized carbons (Fsp3) is 0.0345. The normalized spacial score (nSPS) is 13.2. The molecule has 0 aromatic heterocycles. The van der Waals surface area contributed by atoms with Crippen LogP contribution in [-0.4, -0.2) is 30.9 Å². The highest BCUT2D eigenvalue weighted by Crippen LogP contribution is 2.31. The highest BCUT2D eigenvalue weighted by molar-refractivity contribution is 6.53. The largest absolute Gasteiger partial charge is 0.465 e. The standard InChI is InChI=1S/C29H19ClN2O6/c1-37-28(35)18-11-15-21(16-12-18)32-26(33)24(30)25(27(32)34)31-20-13-9-19(10-14-20)29(36)38-23-8-4-6-17-5-2-3-7-22(17)23/h2-16,31H,1H3. The van der Waals surface area contributed by atoms with Crippen molar-refractivity contribution in [3.05, 3.63) is 113 Å². The number of anilines is 2. The zero-order chi connectivity index (χ0) is 26.8. The minimum absolute atomic E-state index is 0.111. The number of ether oxygens (including phenoxy) is 2. The number of nitrogens with zero attached hydrogens (tertiary/aromatic N) is 1. The molecular formula is C29H19ClN2O6. The molecule has 0 spiro atoms. The maximum atomic E-state index is 13.0. The van der Waals surface area contributed by atoms with Crippen molar-refractivity contribution in [1.29, 1.82) is 0 Å². The molecule has 0 radical (unpaired) electrons. The van der Waals surface area contributed by atoms with Crippen LogP contribution in [0.25, 0.3) is 10.8 Å². The average Bonchev–Trinajstić information content (AvgIpc) is 3.16. The van der Waals surface area contributed by atoms with E-state index in [2.05, 4.69) is 10.1 Å². The van der Waals surface area contributed by atoms with Gasteiger partial charge in [-0.05, 0) is 60.0 Å². The second-order valence-electron chi connectivity index (χ2n) is 8.24. The molecule has 0 aliphatic carbocycles. The molecule has 38 heavy (non-hydrogen) atoms. The molecule has 2 amide bonds. The lowest BCUT2D eigenvalue weighted by Crippen LogP contribution is -2.32. The van der Waals surface area contributed by atoms with E-state index in [1.807, 2.05) is 36.4 Å². The second kappa shape index (κ2) is 10.2. The third-order valence-corrected chi connectivity index (χ3v) is 6.27. The van der Waals surface area contributed by atoms with Gasteiger partial charge in [0.2, 0.25) is 0 Å². The molecule has 0 unspecified atom stereocenters. The van der Waals surface area contributed by atoms with Gasteiger partial charge in [-0.1, -0.05) is 48.0 Å². The summed E-state index contributed by atoms with van der Waals surface area (Å²) in [5.74, 6) is -2.01. The highest BCUT2D eigenvalue weighted by Gasteiger charge is 2.39. The quantitative estimate of drug-likeness (QED) is 0.207. The fourth-order valence-corrected chi connectivity index (χ4v) is 4.20. The number of benzene rings is 4. The predicted molar refractivity (Wildman–Crippen MR) is 142 cm³/mol. The number of esters is 2. The first-order chi connectivity index (χ1) is 18.4. The molecule has 1 N–H and O–H groups in total. The topological polar surface area (TPSA) is 102 Å². The Morgan fingerprint density at radius 1 is 0.763 bits per heavy atom. The van der Waals surface area contributed by atoms with E-state index in [4.69, 9.17) is 16.3 Å². The minimum Gasteiger partial charge on any atom is -0.465 e. The highest BCUT2D eigenvalue weighted by atomic mass is 35.5. The SMILES string of the molecule is COC(=O)c1ccc(N2C(=O)C(Cl)=C(Nc3ccc(C(=O)Oc4cccc5ccccc45)cc3)C2=O)cc1. The van der Waals surface area contributed by atoms with E-state index in [9.17, 15) is 19.2 Å². The van der Waals surface area contributed by atoms with Crippen LogP contribution in [0.3, 0.4) is 0 Å². The summed E-state index contributed by atoms with van der Waals surface area (Å²) in [6.45, 7) is 0. The molecule has 0 saturated heterocycles. The monoisotopic (exact) mass is 526 g/mol. The van der Waals surface area contributed by atoms with E-state index >= 15 is 0 Å². The van der Waals surface area contributed by atoms with Gasteiger partial charge in [-0.15, -0.1) is 0 Å². The predicted octanol–water partition coefficient (Wildman–Crippen LogP) is 5.28. The molecule has 0 saturated carbocycles. The molecule has 188 valence electrons. The summed E-state index contributed by atoms with van der Waals surface area (Å²) in [6.07, 6.45) is 0. The van der Waals surface area contributed by atoms with Crippen LogP contribution in [0, 0.1) is 0 Å². The Kier molecular flexibility index (Phi) is 6.64. The Labute approximate surface area is 222 Å². The van der Waals surface area contributed by atoms with E-state index in [0.29, 0.717) is 17.0 Å². The van der Waals surface area contributed by atoms with Crippen LogP contribution in [-0.2, 0) is 14.3 Å². The van der Waals surface area contributed by atoms with Gasteiger partial charge in [0.1, 0.15) is 16.5 Å². The number of nitrogens with one attached hydrogen (secondary N) is 1. The lowest BCUT2D eigenvalue weighted by molar-refractivity contribution is -0.120. The van der Waals surface area contributed by atoms with Crippen LogP contribution < -0.4 is 15.0 Å². The number of rotatable bonds is 6. The van der Waals surface area contributed by atoms with Crippen molar-refractivity contribution in [2.75, 3.05) is 17.3 Å². The third-order valence-electron chi connectivity index (χ3n) is 5.92. The molecular weight excluding hydrogens is 508 g/mol. The zero-order valence-electron chi connectivity index (χ0n) is 19.9. The van der Waals surface area contributed by atoms with Crippen LogP contribution in [0.4, 0.5) is 11.4 Å². The van der Waals surface area contributed by atoms with Crippen LogP contribution in [0.2, 0.25) is 0 Å². The number of methoxy groups -OCH3 is 1. The Balaban J connectivity index is 1.30. The van der Waals surface area contributed by atoms with Gasteiger partial charge in [-0.2, -0.15) is 0 Å². The van der Waals surface area contributed by atoms with Gasteiger partial charge in [-0.25, -0.2) is 14.5 Å². The average molecular weight is 527 g/mol. The minimum atomic E-state index is -0.708. The number of halogens is 1. The molecule has 4 aromatic rings. The van der Waals surface area contributed by atoms with Gasteiger partial charge in [-0.3, -0.25) is 9.59 Å². The van der Waals surface area contributed by atoms with Gasteiger partial charge < -0.3 is 14.8 Å². The Morgan fingerprint density at radius 2 is 1.39 bits per heavy atom. The summed E-state index contributed by atoms with van der Waals surface area (Å²) < 4.78 is 10.3. The van der Waals surface area contributed by atoms with Crippen LogP contribution in [0.5, 0.6) is 5.75 Å². The summed E-state index contributed by atoms with van der Waals surface area (Å²) in [5, 5.41) is 4.34. The smallest absolute Gasteiger partial charge is 0.343 e. The van der Waals surface area contributed by atoms with E-state index in [0.717, 1.165) is 15.7 Å². The summed E-state index contributed by atoms with van der Waals surface area (Å²) in [5.41, 5.74) is 1.13. The van der Waals surface area contributed by atoms with E-state index < -0.39 is 23.8 Å². The molecule has 8 nitrogen and oxygen atoms in total. The van der Waals surface area contributed by atoms with Crippen molar-refractivity contribution in [2.45, 2.75) is 0 Å². The van der Waals surface area contributed by atoms with Crippen molar-refractivity contribution in [3.63, 3.8) is 0 Å². The first-order valence-corrected chi connectivity index (χ1v) is 11.8. The number of carbonyl (C=O) groups is 4. The van der Waals surface area contributed by atoms with Gasteiger partial charge in [0.25, 0.3) is 11.8 Å². The Morgan fingerprint density at radius 3 is 2.11 bits per heavy atom. The van der Waals surface area contributed by atoms with Gasteiger partial charge in [0.05, 0.1) is 23.9 Å². The lowest BCUT2D eigenvalue weighted by atomic mass is 10.1. The van der Waals surface area contributed by atoms with Gasteiger partial charge >= 0.3 is 11.9 Å². The molecule has 0 bridgehead atoms. The van der Waals surface area contributed by atoms with Gasteiger partial charge in [0, 0.05) is 11.1 Å². The van der Waals surface area contributed by atoms with Gasteiger partial charge in [0.15, 0.2) is 0 Å². The number of hydrogen-bond donors (Lipinski definition) is 1.